The monoisotopic (exact) mass is 278 g/mol. The Labute approximate surface area is 118 Å². The highest BCUT2D eigenvalue weighted by Crippen LogP contribution is 2.37. The SMILES string of the molecule is C[C@@]1(NC(=O)c2ccc(Cl)cc2)CC2CCN1CC2. The fraction of sp³-hybridized carbons (Fsp3) is 0.533. The zero-order valence-electron chi connectivity index (χ0n) is 11.2. The largest absolute Gasteiger partial charge is 0.334 e. The van der Waals surface area contributed by atoms with Crippen molar-refractivity contribution in [1.29, 1.82) is 0 Å². The first-order chi connectivity index (χ1) is 9.07. The highest BCUT2D eigenvalue weighted by atomic mass is 35.5. The summed E-state index contributed by atoms with van der Waals surface area (Å²) < 4.78 is 0. The first-order valence-electron chi connectivity index (χ1n) is 6.90. The van der Waals surface area contributed by atoms with Gasteiger partial charge in [-0.15, -0.1) is 0 Å². The van der Waals surface area contributed by atoms with Crippen LogP contribution < -0.4 is 5.32 Å². The molecule has 3 aliphatic heterocycles. The number of carbonyl (C=O) groups is 1. The summed E-state index contributed by atoms with van der Waals surface area (Å²) in [5.41, 5.74) is 0.492. The number of halogens is 1. The van der Waals surface area contributed by atoms with Crippen molar-refractivity contribution in [3.8, 4) is 0 Å². The third-order valence-electron chi connectivity index (χ3n) is 4.49. The molecule has 3 aliphatic rings. The molecule has 0 unspecified atom stereocenters. The van der Waals surface area contributed by atoms with Crippen LogP contribution in [0.5, 0.6) is 0 Å². The second-order valence-corrected chi connectivity index (χ2v) is 6.31. The van der Waals surface area contributed by atoms with E-state index in [4.69, 9.17) is 11.6 Å². The number of carbonyl (C=O) groups excluding carboxylic acids is 1. The molecule has 0 spiro atoms. The molecule has 0 saturated carbocycles. The first-order valence-corrected chi connectivity index (χ1v) is 7.28. The van der Waals surface area contributed by atoms with Gasteiger partial charge in [0, 0.05) is 23.7 Å². The van der Waals surface area contributed by atoms with Crippen molar-refractivity contribution in [2.75, 3.05) is 13.1 Å². The maximum absolute atomic E-state index is 12.3. The second-order valence-electron chi connectivity index (χ2n) is 5.87. The van der Waals surface area contributed by atoms with Crippen molar-refractivity contribution in [1.82, 2.24) is 10.2 Å². The molecule has 3 fully saturated rings. The van der Waals surface area contributed by atoms with Crippen LogP contribution in [0.15, 0.2) is 24.3 Å². The van der Waals surface area contributed by atoms with Gasteiger partial charge in [0.25, 0.3) is 5.91 Å². The number of benzene rings is 1. The number of hydrogen-bond donors (Lipinski definition) is 1. The summed E-state index contributed by atoms with van der Waals surface area (Å²) in [5, 5.41) is 3.86. The Balaban J connectivity index is 1.74. The van der Waals surface area contributed by atoms with Crippen LogP contribution >= 0.6 is 11.6 Å². The Morgan fingerprint density at radius 1 is 1.32 bits per heavy atom. The van der Waals surface area contributed by atoms with Gasteiger partial charge in [-0.25, -0.2) is 0 Å². The predicted molar refractivity (Wildman–Crippen MR) is 76.2 cm³/mol. The fourth-order valence-corrected chi connectivity index (χ4v) is 3.50. The van der Waals surface area contributed by atoms with Crippen molar-refractivity contribution in [2.45, 2.75) is 31.8 Å². The Hall–Kier alpha value is -1.06. The summed E-state index contributed by atoms with van der Waals surface area (Å²) in [6.07, 6.45) is 3.60. The minimum absolute atomic E-state index is 0.00767. The number of nitrogens with zero attached hydrogens (tertiary/aromatic N) is 1. The van der Waals surface area contributed by atoms with Gasteiger partial charge < -0.3 is 5.32 Å². The molecule has 19 heavy (non-hydrogen) atoms. The highest BCUT2D eigenvalue weighted by Gasteiger charge is 2.43. The van der Waals surface area contributed by atoms with Crippen LogP contribution in [0.25, 0.3) is 0 Å². The number of piperidine rings is 3. The molecule has 1 amide bonds. The molecule has 4 heteroatoms. The Kier molecular flexibility index (Phi) is 3.27. The Bertz CT molecular complexity index is 479. The summed E-state index contributed by atoms with van der Waals surface area (Å²) >= 11 is 5.85. The standard InChI is InChI=1S/C15H19ClN2O/c1-15(10-11-6-8-18(15)9-7-11)17-14(19)12-2-4-13(16)5-3-12/h2-5,11H,6-10H2,1H3,(H,17,19)/t15-/m0/s1. The van der Waals surface area contributed by atoms with Gasteiger partial charge in [-0.2, -0.15) is 0 Å². The van der Waals surface area contributed by atoms with Crippen molar-refractivity contribution in [2.24, 2.45) is 5.92 Å². The topological polar surface area (TPSA) is 32.3 Å². The van der Waals surface area contributed by atoms with E-state index in [2.05, 4.69) is 17.1 Å². The van der Waals surface area contributed by atoms with Crippen LogP contribution in [0.1, 0.15) is 36.5 Å². The van der Waals surface area contributed by atoms with E-state index in [0.29, 0.717) is 10.6 Å². The van der Waals surface area contributed by atoms with Gasteiger partial charge in [-0.3, -0.25) is 9.69 Å². The normalized spacial score (nSPS) is 33.2. The third-order valence-corrected chi connectivity index (χ3v) is 4.74. The molecule has 1 aromatic carbocycles. The summed E-state index contributed by atoms with van der Waals surface area (Å²) in [6, 6.07) is 7.06. The van der Waals surface area contributed by atoms with Gasteiger partial charge in [-0.05, 0) is 56.4 Å². The van der Waals surface area contributed by atoms with Gasteiger partial charge in [-0.1, -0.05) is 11.6 Å². The lowest BCUT2D eigenvalue weighted by atomic mass is 9.80. The van der Waals surface area contributed by atoms with E-state index in [1.807, 2.05) is 0 Å². The van der Waals surface area contributed by atoms with Crippen LogP contribution in [0, 0.1) is 5.92 Å². The van der Waals surface area contributed by atoms with E-state index >= 15 is 0 Å². The van der Waals surface area contributed by atoms with Gasteiger partial charge in [0.05, 0.1) is 5.66 Å². The zero-order valence-corrected chi connectivity index (χ0v) is 11.9. The molecule has 0 aliphatic carbocycles. The summed E-state index contributed by atoms with van der Waals surface area (Å²) in [6.45, 7) is 4.34. The van der Waals surface area contributed by atoms with Gasteiger partial charge in [0.1, 0.15) is 0 Å². The van der Waals surface area contributed by atoms with E-state index in [1.165, 1.54) is 12.8 Å². The van der Waals surface area contributed by atoms with E-state index in [0.717, 1.165) is 25.4 Å². The smallest absolute Gasteiger partial charge is 0.252 e. The number of hydrogen-bond acceptors (Lipinski definition) is 2. The van der Waals surface area contributed by atoms with Crippen molar-refractivity contribution >= 4 is 17.5 Å². The quantitative estimate of drug-likeness (QED) is 0.902. The van der Waals surface area contributed by atoms with Gasteiger partial charge in [0.2, 0.25) is 0 Å². The minimum Gasteiger partial charge on any atom is -0.334 e. The molecule has 3 saturated heterocycles. The predicted octanol–water partition coefficient (Wildman–Crippen LogP) is 2.90. The van der Waals surface area contributed by atoms with Crippen LogP contribution in [0.2, 0.25) is 5.02 Å². The molecular weight excluding hydrogens is 260 g/mol. The third kappa shape index (κ3) is 2.49. The molecule has 1 N–H and O–H groups in total. The van der Waals surface area contributed by atoms with E-state index in [-0.39, 0.29) is 11.6 Å². The maximum atomic E-state index is 12.3. The molecule has 3 heterocycles. The number of rotatable bonds is 2. The fourth-order valence-electron chi connectivity index (χ4n) is 3.37. The molecule has 3 nitrogen and oxygen atoms in total. The molecular formula is C15H19ClN2O. The number of fused-ring (bicyclic) bond motifs is 3. The number of nitrogens with one attached hydrogen (secondary N) is 1. The zero-order chi connectivity index (χ0) is 13.5. The summed E-state index contributed by atoms with van der Waals surface area (Å²) in [7, 11) is 0. The van der Waals surface area contributed by atoms with Gasteiger partial charge >= 0.3 is 0 Å². The van der Waals surface area contributed by atoms with Crippen molar-refractivity contribution in [3.63, 3.8) is 0 Å². The molecule has 0 radical (unpaired) electrons. The summed E-state index contributed by atoms with van der Waals surface area (Å²) in [5.74, 6) is 0.757. The molecule has 1 aromatic rings. The lowest BCUT2D eigenvalue weighted by molar-refractivity contribution is -0.0346. The van der Waals surface area contributed by atoms with Crippen molar-refractivity contribution < 1.29 is 4.79 Å². The maximum Gasteiger partial charge on any atom is 0.252 e. The Morgan fingerprint density at radius 3 is 2.47 bits per heavy atom. The molecule has 1 atom stereocenters. The summed E-state index contributed by atoms with van der Waals surface area (Å²) in [4.78, 5) is 14.7. The van der Waals surface area contributed by atoms with Crippen LogP contribution in [0.4, 0.5) is 0 Å². The highest BCUT2D eigenvalue weighted by molar-refractivity contribution is 6.30. The van der Waals surface area contributed by atoms with Crippen LogP contribution in [-0.2, 0) is 0 Å². The average Bonchev–Trinajstić information content (AvgIpc) is 2.40. The molecule has 2 bridgehead atoms. The van der Waals surface area contributed by atoms with Crippen molar-refractivity contribution in [3.05, 3.63) is 34.9 Å². The van der Waals surface area contributed by atoms with E-state index in [9.17, 15) is 4.79 Å². The average molecular weight is 279 g/mol. The minimum atomic E-state index is -0.183. The van der Waals surface area contributed by atoms with Gasteiger partial charge in [0.15, 0.2) is 0 Å². The first kappa shape index (κ1) is 12.9. The second kappa shape index (κ2) is 4.80. The molecule has 4 rings (SSSR count). The van der Waals surface area contributed by atoms with Crippen LogP contribution in [0.3, 0.4) is 0 Å². The Morgan fingerprint density at radius 2 is 1.95 bits per heavy atom. The lowest BCUT2D eigenvalue weighted by Crippen LogP contribution is -2.65. The van der Waals surface area contributed by atoms with E-state index < -0.39 is 0 Å². The molecule has 102 valence electrons. The van der Waals surface area contributed by atoms with Crippen LogP contribution in [-0.4, -0.2) is 29.6 Å². The molecule has 0 aromatic heterocycles. The van der Waals surface area contributed by atoms with E-state index in [1.54, 1.807) is 24.3 Å². The lowest BCUT2D eigenvalue weighted by Gasteiger charge is -2.52. The number of amides is 1.